The van der Waals surface area contributed by atoms with E-state index in [0.717, 1.165) is 23.2 Å². The number of carbonyl (C=O) groups is 1. The number of fused-ring (bicyclic) bond motifs is 2. The molecule has 9 heteroatoms. The molecule has 0 N–H and O–H groups in total. The number of halogens is 1. The first-order valence-electron chi connectivity index (χ1n) is 9.43. The molecule has 1 aliphatic rings. The molecule has 3 aromatic rings. The summed E-state index contributed by atoms with van der Waals surface area (Å²) in [6, 6.07) is 13.1. The van der Waals surface area contributed by atoms with Crippen LogP contribution in [-0.2, 0) is 4.79 Å². The fourth-order valence-corrected chi connectivity index (χ4v) is 4.05. The van der Waals surface area contributed by atoms with E-state index in [4.69, 9.17) is 14.2 Å². The lowest BCUT2D eigenvalue weighted by atomic mass is 10.3. The number of anilines is 1. The van der Waals surface area contributed by atoms with E-state index in [-0.39, 0.29) is 31.7 Å². The quantitative estimate of drug-likeness (QED) is 0.521. The van der Waals surface area contributed by atoms with Gasteiger partial charge in [-0.25, -0.2) is 4.98 Å². The molecule has 2 heterocycles. The lowest BCUT2D eigenvalue weighted by molar-refractivity contribution is -0.120. The third-order valence-electron chi connectivity index (χ3n) is 4.50. The summed E-state index contributed by atoms with van der Waals surface area (Å²) in [6.07, 6.45) is 0.836. The molecule has 1 amide bonds. The first-order valence-corrected chi connectivity index (χ1v) is 10.2. The summed E-state index contributed by atoms with van der Waals surface area (Å²) in [6.45, 7) is 1.64. The Morgan fingerprint density at radius 1 is 1.13 bits per heavy atom. The highest BCUT2D eigenvalue weighted by Crippen LogP contribution is 2.39. The summed E-state index contributed by atoms with van der Waals surface area (Å²) in [5, 5.41) is 0.657. The Bertz CT molecular complexity index is 956. The van der Waals surface area contributed by atoms with Crippen LogP contribution in [0.1, 0.15) is 6.42 Å². The number of nitrogens with zero attached hydrogens (tertiary/aromatic N) is 3. The van der Waals surface area contributed by atoms with E-state index in [1.165, 1.54) is 11.3 Å². The second-order valence-electron chi connectivity index (χ2n) is 6.97. The predicted octanol–water partition coefficient (Wildman–Crippen LogP) is 3.81. The number of thiazole rings is 1. The molecule has 4 rings (SSSR count). The van der Waals surface area contributed by atoms with Crippen LogP contribution >= 0.6 is 23.7 Å². The minimum absolute atomic E-state index is 0. The summed E-state index contributed by atoms with van der Waals surface area (Å²) in [7, 11) is 4.04. The Kier molecular flexibility index (Phi) is 7.36. The zero-order chi connectivity index (χ0) is 20.2. The minimum atomic E-state index is -0.119. The standard InChI is InChI=1S/C21H23N3O4S.ClH/c1-23(2)9-6-10-24(20(25)13-26-15-7-4-3-5-8-15)21-22-16-11-17-18(28-14-27-17)12-19(16)29-21;/h3-5,7-8,11-12H,6,9-10,13-14H2,1-2H3;1H. The number of rotatable bonds is 8. The average molecular weight is 450 g/mol. The molecule has 0 spiro atoms. The topological polar surface area (TPSA) is 64.1 Å². The van der Waals surface area contributed by atoms with E-state index in [1.807, 2.05) is 56.6 Å². The van der Waals surface area contributed by atoms with Crippen molar-refractivity contribution in [1.82, 2.24) is 9.88 Å². The number of carbonyl (C=O) groups excluding carboxylic acids is 1. The van der Waals surface area contributed by atoms with Crippen molar-refractivity contribution in [3.8, 4) is 17.2 Å². The van der Waals surface area contributed by atoms with Crippen LogP contribution in [0.4, 0.5) is 5.13 Å². The number of para-hydroxylation sites is 1. The van der Waals surface area contributed by atoms with E-state index in [1.54, 1.807) is 4.90 Å². The highest BCUT2D eigenvalue weighted by atomic mass is 35.5. The molecule has 0 radical (unpaired) electrons. The number of hydrogen-bond donors (Lipinski definition) is 0. The monoisotopic (exact) mass is 449 g/mol. The van der Waals surface area contributed by atoms with Crippen molar-refractivity contribution < 1.29 is 19.0 Å². The van der Waals surface area contributed by atoms with Crippen molar-refractivity contribution in [1.29, 1.82) is 0 Å². The van der Waals surface area contributed by atoms with E-state index in [2.05, 4.69) is 9.88 Å². The summed E-state index contributed by atoms with van der Waals surface area (Å²) in [5.74, 6) is 1.95. The Morgan fingerprint density at radius 3 is 2.60 bits per heavy atom. The molecule has 0 unspecified atom stereocenters. The maximum absolute atomic E-state index is 13.0. The van der Waals surface area contributed by atoms with Crippen molar-refractivity contribution in [3.63, 3.8) is 0 Å². The van der Waals surface area contributed by atoms with Gasteiger partial charge in [-0.15, -0.1) is 12.4 Å². The van der Waals surface area contributed by atoms with E-state index in [0.29, 0.717) is 28.9 Å². The molecular formula is C21H24ClN3O4S. The van der Waals surface area contributed by atoms with Gasteiger partial charge in [-0.3, -0.25) is 9.69 Å². The van der Waals surface area contributed by atoms with Crippen molar-refractivity contribution in [2.24, 2.45) is 0 Å². The first kappa shape index (κ1) is 22.1. The Morgan fingerprint density at radius 2 is 1.87 bits per heavy atom. The molecular weight excluding hydrogens is 426 g/mol. The minimum Gasteiger partial charge on any atom is -0.484 e. The maximum atomic E-state index is 13.0. The molecule has 0 aliphatic carbocycles. The van der Waals surface area contributed by atoms with Crippen molar-refractivity contribution >= 4 is 45.0 Å². The largest absolute Gasteiger partial charge is 0.484 e. The number of hydrogen-bond acceptors (Lipinski definition) is 7. The molecule has 30 heavy (non-hydrogen) atoms. The average Bonchev–Trinajstić information content (AvgIpc) is 3.33. The van der Waals surface area contributed by atoms with Crippen molar-refractivity contribution in [2.45, 2.75) is 6.42 Å². The van der Waals surface area contributed by atoms with Crippen molar-refractivity contribution in [2.75, 3.05) is 45.5 Å². The molecule has 0 bridgehead atoms. The van der Waals surface area contributed by atoms with Gasteiger partial charge < -0.3 is 19.1 Å². The van der Waals surface area contributed by atoms with E-state index >= 15 is 0 Å². The van der Waals surface area contributed by atoms with Gasteiger partial charge in [0.25, 0.3) is 5.91 Å². The molecule has 1 aromatic heterocycles. The zero-order valence-corrected chi connectivity index (χ0v) is 18.5. The molecule has 0 atom stereocenters. The summed E-state index contributed by atoms with van der Waals surface area (Å²) in [4.78, 5) is 21.5. The maximum Gasteiger partial charge on any atom is 0.266 e. The molecule has 2 aromatic carbocycles. The van der Waals surface area contributed by atoms with Gasteiger partial charge >= 0.3 is 0 Å². The molecule has 0 saturated heterocycles. The van der Waals surface area contributed by atoms with Gasteiger partial charge in [0.2, 0.25) is 6.79 Å². The zero-order valence-electron chi connectivity index (χ0n) is 16.9. The van der Waals surface area contributed by atoms with Crippen molar-refractivity contribution in [3.05, 3.63) is 42.5 Å². The van der Waals surface area contributed by atoms with Crippen LogP contribution in [0.15, 0.2) is 42.5 Å². The number of ether oxygens (including phenoxy) is 3. The van der Waals surface area contributed by atoms with Crippen LogP contribution in [0.5, 0.6) is 17.2 Å². The molecule has 1 aliphatic heterocycles. The molecule has 0 saturated carbocycles. The second kappa shape index (κ2) is 9.97. The SMILES string of the molecule is CN(C)CCCN(C(=O)COc1ccccc1)c1nc2cc3c(cc2s1)OCO3.Cl. The normalized spacial score (nSPS) is 12.1. The summed E-state index contributed by atoms with van der Waals surface area (Å²) >= 11 is 1.47. The third-order valence-corrected chi connectivity index (χ3v) is 5.54. The number of benzene rings is 2. The molecule has 7 nitrogen and oxygen atoms in total. The first-order chi connectivity index (χ1) is 14.1. The van der Waals surface area contributed by atoms with Crippen LogP contribution in [-0.4, -0.2) is 56.4 Å². The van der Waals surface area contributed by atoms with Gasteiger partial charge in [0, 0.05) is 18.7 Å². The van der Waals surface area contributed by atoms with E-state index in [9.17, 15) is 4.79 Å². The Labute approximate surface area is 185 Å². The van der Waals surface area contributed by atoms with Gasteiger partial charge in [0.05, 0.1) is 10.2 Å². The highest BCUT2D eigenvalue weighted by Gasteiger charge is 2.22. The van der Waals surface area contributed by atoms with Crippen LogP contribution in [0, 0.1) is 0 Å². The van der Waals surface area contributed by atoms with Crippen LogP contribution in [0.25, 0.3) is 10.2 Å². The Balaban J connectivity index is 0.00000256. The Hall–Kier alpha value is -2.55. The fraction of sp³-hybridized carbons (Fsp3) is 0.333. The van der Waals surface area contributed by atoms with E-state index < -0.39 is 0 Å². The fourth-order valence-electron chi connectivity index (χ4n) is 3.03. The third kappa shape index (κ3) is 5.13. The van der Waals surface area contributed by atoms with Gasteiger partial charge in [-0.05, 0) is 39.2 Å². The number of aromatic nitrogens is 1. The van der Waals surface area contributed by atoms with Crippen LogP contribution in [0.2, 0.25) is 0 Å². The lowest BCUT2D eigenvalue weighted by Gasteiger charge is -2.21. The van der Waals surface area contributed by atoms with Gasteiger partial charge in [0.15, 0.2) is 23.2 Å². The van der Waals surface area contributed by atoms with Gasteiger partial charge in [-0.1, -0.05) is 29.5 Å². The van der Waals surface area contributed by atoms with Crippen LogP contribution < -0.4 is 19.1 Å². The number of amides is 1. The molecule has 160 valence electrons. The highest BCUT2D eigenvalue weighted by molar-refractivity contribution is 7.22. The van der Waals surface area contributed by atoms with Crippen LogP contribution in [0.3, 0.4) is 0 Å². The smallest absolute Gasteiger partial charge is 0.266 e. The molecule has 0 fully saturated rings. The second-order valence-corrected chi connectivity index (χ2v) is 7.98. The van der Waals surface area contributed by atoms with Gasteiger partial charge in [0.1, 0.15) is 5.75 Å². The van der Waals surface area contributed by atoms with Gasteiger partial charge in [-0.2, -0.15) is 0 Å². The lowest BCUT2D eigenvalue weighted by Crippen LogP contribution is -2.36. The summed E-state index contributed by atoms with van der Waals surface area (Å²) in [5.41, 5.74) is 0.795. The predicted molar refractivity (Wildman–Crippen MR) is 120 cm³/mol. The summed E-state index contributed by atoms with van der Waals surface area (Å²) < 4.78 is 17.5.